The highest BCUT2D eigenvalue weighted by atomic mass is 35.5. The number of benzene rings is 2. The van der Waals surface area contributed by atoms with E-state index in [0.717, 1.165) is 40.7 Å². The molecule has 2 aromatic carbocycles. The van der Waals surface area contributed by atoms with Crippen molar-refractivity contribution in [2.45, 2.75) is 55.1 Å². The van der Waals surface area contributed by atoms with Gasteiger partial charge >= 0.3 is 0 Å². The molecule has 6 nitrogen and oxygen atoms in total. The van der Waals surface area contributed by atoms with Gasteiger partial charge in [0.2, 0.25) is 10.0 Å². The molecule has 1 aliphatic rings. The summed E-state index contributed by atoms with van der Waals surface area (Å²) in [4.78, 5) is 5.10. The maximum Gasteiger partial charge on any atom is 0.243 e. The molecular weight excluding hydrogens is 466 g/mol. The standard InChI is InChI=1S/C23H28ClN3O3S2/c1-3-26(4-2)32(28,29)19-11-12-22-21(14-19)25-23(27(22)15-18-9-7-13-30-18)31-16-17-8-5-6-10-20(17)24/h5-6,8,10-12,14,18H,3-4,7,9,13,15-16H2,1-2H3. The van der Waals surface area contributed by atoms with Crippen LogP contribution in [0.1, 0.15) is 32.3 Å². The molecule has 0 saturated carbocycles. The Balaban J connectivity index is 1.71. The van der Waals surface area contributed by atoms with Crippen LogP contribution in [0.2, 0.25) is 5.02 Å². The molecule has 0 N–H and O–H groups in total. The number of halogens is 1. The smallest absolute Gasteiger partial charge is 0.243 e. The van der Waals surface area contributed by atoms with Crippen LogP contribution in [0.5, 0.6) is 0 Å². The first-order valence-corrected chi connectivity index (χ1v) is 13.7. The summed E-state index contributed by atoms with van der Waals surface area (Å²) in [7, 11) is -3.54. The van der Waals surface area contributed by atoms with Crippen molar-refractivity contribution >= 4 is 44.4 Å². The Morgan fingerprint density at radius 3 is 2.69 bits per heavy atom. The first-order valence-electron chi connectivity index (χ1n) is 10.9. The van der Waals surface area contributed by atoms with E-state index in [0.29, 0.717) is 30.9 Å². The van der Waals surface area contributed by atoms with Crippen LogP contribution < -0.4 is 0 Å². The second-order valence-corrected chi connectivity index (χ2v) is 11.0. The highest BCUT2D eigenvalue weighted by Crippen LogP contribution is 2.32. The summed E-state index contributed by atoms with van der Waals surface area (Å²) in [6, 6.07) is 13.0. The zero-order chi connectivity index (χ0) is 22.7. The summed E-state index contributed by atoms with van der Waals surface area (Å²) in [5, 5.41) is 1.57. The molecule has 9 heteroatoms. The van der Waals surface area contributed by atoms with E-state index in [9.17, 15) is 8.42 Å². The molecular formula is C23H28ClN3O3S2. The molecule has 2 heterocycles. The number of imidazole rings is 1. The average molecular weight is 494 g/mol. The second kappa shape index (κ2) is 10.1. The molecule has 1 unspecified atom stereocenters. The van der Waals surface area contributed by atoms with Crippen molar-refractivity contribution < 1.29 is 13.2 Å². The molecule has 1 saturated heterocycles. The van der Waals surface area contributed by atoms with Gasteiger partial charge in [-0.2, -0.15) is 4.31 Å². The van der Waals surface area contributed by atoms with Crippen LogP contribution in [0.3, 0.4) is 0 Å². The fourth-order valence-corrected chi connectivity index (χ4v) is 6.79. The quantitative estimate of drug-likeness (QED) is 0.384. The first-order chi connectivity index (χ1) is 15.4. The number of sulfonamides is 1. The van der Waals surface area contributed by atoms with Crippen molar-refractivity contribution in [2.75, 3.05) is 19.7 Å². The van der Waals surface area contributed by atoms with Crippen molar-refractivity contribution in [2.24, 2.45) is 0 Å². The van der Waals surface area contributed by atoms with Crippen LogP contribution in [-0.2, 0) is 27.1 Å². The minimum absolute atomic E-state index is 0.145. The van der Waals surface area contributed by atoms with Gasteiger partial charge in [-0.1, -0.05) is 55.4 Å². The number of fused-ring (bicyclic) bond motifs is 1. The average Bonchev–Trinajstić information content (AvgIpc) is 3.42. The topological polar surface area (TPSA) is 64.4 Å². The van der Waals surface area contributed by atoms with Gasteiger partial charge in [0.1, 0.15) is 0 Å². The summed E-state index contributed by atoms with van der Waals surface area (Å²) in [6.07, 6.45) is 2.22. The molecule has 3 aromatic rings. The Morgan fingerprint density at radius 2 is 2.00 bits per heavy atom. The van der Waals surface area contributed by atoms with Gasteiger partial charge in [0.25, 0.3) is 0 Å². The van der Waals surface area contributed by atoms with Crippen LogP contribution in [0.4, 0.5) is 0 Å². The lowest BCUT2D eigenvalue weighted by Crippen LogP contribution is -2.30. The first kappa shape index (κ1) is 23.6. The van der Waals surface area contributed by atoms with Crippen LogP contribution >= 0.6 is 23.4 Å². The Kier molecular flexibility index (Phi) is 7.47. The molecule has 1 fully saturated rings. The van der Waals surface area contributed by atoms with Crippen LogP contribution in [0.15, 0.2) is 52.5 Å². The molecule has 172 valence electrons. The number of ether oxygens (including phenoxy) is 1. The molecule has 1 aliphatic heterocycles. The fourth-order valence-electron chi connectivity index (χ4n) is 4.00. The number of thioether (sulfide) groups is 1. The molecule has 0 spiro atoms. The second-order valence-electron chi connectivity index (χ2n) is 7.76. The van der Waals surface area contributed by atoms with Gasteiger partial charge in [0.05, 0.1) is 28.6 Å². The highest BCUT2D eigenvalue weighted by Gasteiger charge is 2.24. The van der Waals surface area contributed by atoms with Gasteiger partial charge in [0.15, 0.2) is 5.16 Å². The largest absolute Gasteiger partial charge is 0.376 e. The molecule has 0 aliphatic carbocycles. The lowest BCUT2D eigenvalue weighted by atomic mass is 10.2. The summed E-state index contributed by atoms with van der Waals surface area (Å²) in [5.41, 5.74) is 2.64. The fraction of sp³-hybridized carbons (Fsp3) is 0.435. The van der Waals surface area contributed by atoms with Crippen molar-refractivity contribution in [3.8, 4) is 0 Å². The molecule has 0 radical (unpaired) electrons. The number of aromatic nitrogens is 2. The van der Waals surface area contributed by atoms with Crippen LogP contribution in [0.25, 0.3) is 11.0 Å². The van der Waals surface area contributed by atoms with E-state index in [1.807, 2.05) is 44.2 Å². The van der Waals surface area contributed by atoms with Crippen molar-refractivity contribution in [1.82, 2.24) is 13.9 Å². The normalized spacial score (nSPS) is 16.9. The Bertz CT molecular complexity index is 1190. The SMILES string of the molecule is CCN(CC)S(=O)(=O)c1ccc2c(c1)nc(SCc1ccccc1Cl)n2CC1CCCO1. The maximum atomic E-state index is 13.0. The van der Waals surface area contributed by atoms with Crippen LogP contribution in [-0.4, -0.2) is 48.1 Å². The number of nitrogens with zero attached hydrogens (tertiary/aromatic N) is 3. The lowest BCUT2D eigenvalue weighted by molar-refractivity contribution is 0.0960. The predicted octanol–water partition coefficient (Wildman–Crippen LogP) is 5.19. The highest BCUT2D eigenvalue weighted by molar-refractivity contribution is 7.98. The third kappa shape index (κ3) is 4.84. The third-order valence-electron chi connectivity index (χ3n) is 5.75. The van der Waals surface area contributed by atoms with E-state index in [1.54, 1.807) is 23.9 Å². The van der Waals surface area contributed by atoms with Gasteiger partial charge in [-0.05, 0) is 42.7 Å². The van der Waals surface area contributed by atoms with Crippen molar-refractivity contribution in [3.05, 3.63) is 53.1 Å². The number of hydrogen-bond donors (Lipinski definition) is 0. The Hall–Kier alpha value is -1.58. The third-order valence-corrected chi connectivity index (χ3v) is 9.19. The summed E-state index contributed by atoms with van der Waals surface area (Å²) in [6.45, 7) is 6.04. The molecule has 32 heavy (non-hydrogen) atoms. The summed E-state index contributed by atoms with van der Waals surface area (Å²) in [5.74, 6) is 0.680. The van der Waals surface area contributed by atoms with Crippen molar-refractivity contribution in [3.63, 3.8) is 0 Å². The van der Waals surface area contributed by atoms with E-state index in [2.05, 4.69) is 4.57 Å². The minimum atomic E-state index is -3.54. The van der Waals surface area contributed by atoms with Gasteiger partial charge in [-0.25, -0.2) is 13.4 Å². The Morgan fingerprint density at radius 1 is 1.22 bits per heavy atom. The van der Waals surface area contributed by atoms with Gasteiger partial charge in [-0.15, -0.1) is 0 Å². The lowest BCUT2D eigenvalue weighted by Gasteiger charge is -2.18. The van der Waals surface area contributed by atoms with E-state index in [4.69, 9.17) is 21.3 Å². The number of rotatable bonds is 9. The predicted molar refractivity (Wildman–Crippen MR) is 130 cm³/mol. The molecule has 1 aromatic heterocycles. The monoisotopic (exact) mass is 493 g/mol. The number of hydrogen-bond acceptors (Lipinski definition) is 5. The van der Waals surface area contributed by atoms with E-state index >= 15 is 0 Å². The summed E-state index contributed by atoms with van der Waals surface area (Å²) >= 11 is 7.95. The molecule has 0 bridgehead atoms. The molecule has 1 atom stereocenters. The van der Waals surface area contributed by atoms with Gasteiger partial charge in [-0.3, -0.25) is 0 Å². The van der Waals surface area contributed by atoms with E-state index in [-0.39, 0.29) is 11.0 Å². The summed E-state index contributed by atoms with van der Waals surface area (Å²) < 4.78 is 35.5. The van der Waals surface area contributed by atoms with Gasteiger partial charge < -0.3 is 9.30 Å². The van der Waals surface area contributed by atoms with E-state index < -0.39 is 10.0 Å². The Labute approximate surface area is 199 Å². The minimum Gasteiger partial charge on any atom is -0.376 e. The maximum absolute atomic E-state index is 13.0. The van der Waals surface area contributed by atoms with Crippen molar-refractivity contribution in [1.29, 1.82) is 0 Å². The van der Waals surface area contributed by atoms with Gasteiger partial charge in [0, 0.05) is 30.5 Å². The zero-order valence-electron chi connectivity index (χ0n) is 18.3. The zero-order valence-corrected chi connectivity index (χ0v) is 20.7. The van der Waals surface area contributed by atoms with Crippen LogP contribution in [0, 0.1) is 0 Å². The molecule has 4 rings (SSSR count). The van der Waals surface area contributed by atoms with E-state index in [1.165, 1.54) is 4.31 Å². The molecule has 0 amide bonds.